The number of carbonyl (C=O) groups is 2. The van der Waals surface area contributed by atoms with E-state index >= 15 is 0 Å². The van der Waals surface area contributed by atoms with Gasteiger partial charge in [0, 0.05) is 31.8 Å². The normalized spacial score (nSPS) is 27.3. The van der Waals surface area contributed by atoms with Crippen LogP contribution in [0, 0.1) is 11.8 Å². The Hall–Kier alpha value is -3.12. The lowest BCUT2D eigenvalue weighted by atomic mass is 9.70. The molecule has 46 heavy (non-hydrogen) atoms. The van der Waals surface area contributed by atoms with Crippen molar-refractivity contribution in [1.29, 1.82) is 0 Å². The number of carbonyl (C=O) groups excluding carboxylic acids is 2. The van der Waals surface area contributed by atoms with E-state index < -0.39 is 27.5 Å². The van der Waals surface area contributed by atoms with Crippen molar-refractivity contribution in [2.24, 2.45) is 16.2 Å². The van der Waals surface area contributed by atoms with E-state index in [0.717, 1.165) is 62.0 Å². The zero-order valence-electron chi connectivity index (χ0n) is 27.1. The second-order valence-electron chi connectivity index (χ2n) is 12.6. The van der Waals surface area contributed by atoms with Crippen LogP contribution in [0.25, 0.3) is 0 Å². The van der Waals surface area contributed by atoms with Crippen molar-refractivity contribution in [2.45, 2.75) is 76.1 Å². The summed E-state index contributed by atoms with van der Waals surface area (Å²) in [6.45, 7) is 7.15. The first kappa shape index (κ1) is 34.2. The molecule has 3 amide bonds. The van der Waals surface area contributed by atoms with Crippen molar-refractivity contribution in [3.63, 3.8) is 0 Å². The Bertz CT molecular complexity index is 1590. The summed E-state index contributed by atoms with van der Waals surface area (Å²) in [5.74, 6) is 0.514. The number of nitrogens with one attached hydrogen (secondary N) is 2. The fourth-order valence-electron chi connectivity index (χ4n) is 6.21. The van der Waals surface area contributed by atoms with E-state index in [4.69, 9.17) is 25.8 Å². The number of hydrogen-bond donors (Lipinski definition) is 2. The highest BCUT2D eigenvalue weighted by atomic mass is 35.5. The monoisotopic (exact) mass is 672 g/mol. The molecular weight excluding hydrogens is 628 g/mol. The van der Waals surface area contributed by atoms with Crippen molar-refractivity contribution in [2.75, 3.05) is 38.3 Å². The Morgan fingerprint density at radius 3 is 2.74 bits per heavy atom. The molecular formula is C34H45ClN4O6S. The van der Waals surface area contributed by atoms with E-state index in [0.29, 0.717) is 35.8 Å². The molecule has 1 unspecified atom stereocenters. The Morgan fingerprint density at radius 2 is 2.00 bits per heavy atom. The number of halogens is 1. The lowest BCUT2D eigenvalue weighted by molar-refractivity contribution is -0.137. The first-order valence-corrected chi connectivity index (χ1v) is 17.9. The summed E-state index contributed by atoms with van der Waals surface area (Å²) in [6.07, 6.45) is 8.59. The lowest BCUT2D eigenvalue weighted by Gasteiger charge is -2.43. The SMILES string of the molecule is CCNC(=O)NS1(=O)=NC(=O)C(C)(C)OC/C=C/[C@H](OC)[C@@H]2CC[C@H]2CN2CCCCc3cc(Cl)ccc3COc3ccc1cc32. The maximum absolute atomic E-state index is 14.6. The average molecular weight is 673 g/mol. The number of amides is 3. The molecule has 0 spiro atoms. The van der Waals surface area contributed by atoms with Gasteiger partial charge >= 0.3 is 6.03 Å². The number of methoxy groups -OCH3 is 1. The van der Waals surface area contributed by atoms with E-state index in [1.54, 1.807) is 46.1 Å². The number of hydrogen-bond acceptors (Lipinski definition) is 7. The molecule has 250 valence electrons. The molecule has 10 nitrogen and oxygen atoms in total. The molecule has 1 fully saturated rings. The van der Waals surface area contributed by atoms with Crippen LogP contribution in [0.2, 0.25) is 5.02 Å². The number of urea groups is 1. The quantitative estimate of drug-likeness (QED) is 0.381. The zero-order chi connectivity index (χ0) is 32.9. The van der Waals surface area contributed by atoms with Crippen molar-refractivity contribution < 1.29 is 28.0 Å². The molecule has 2 N–H and O–H groups in total. The molecule has 1 saturated carbocycles. The van der Waals surface area contributed by atoms with Crippen LogP contribution in [0.15, 0.2) is 57.8 Å². The maximum Gasteiger partial charge on any atom is 0.327 e. The molecule has 5 rings (SSSR count). The third-order valence-corrected chi connectivity index (χ3v) is 11.1. The van der Waals surface area contributed by atoms with Gasteiger partial charge in [0.05, 0.1) is 23.3 Å². The first-order chi connectivity index (χ1) is 22.0. The Morgan fingerprint density at radius 1 is 1.17 bits per heavy atom. The summed E-state index contributed by atoms with van der Waals surface area (Å²) in [4.78, 5) is 28.8. The van der Waals surface area contributed by atoms with Gasteiger partial charge in [-0.25, -0.2) is 13.7 Å². The van der Waals surface area contributed by atoms with Crippen molar-refractivity contribution in [3.8, 4) is 5.75 Å². The van der Waals surface area contributed by atoms with Gasteiger partial charge in [-0.3, -0.25) is 4.79 Å². The van der Waals surface area contributed by atoms with Crippen molar-refractivity contribution in [3.05, 3.63) is 64.7 Å². The zero-order valence-corrected chi connectivity index (χ0v) is 28.6. The summed E-state index contributed by atoms with van der Waals surface area (Å²) in [5.41, 5.74) is 1.55. The van der Waals surface area contributed by atoms with E-state index in [1.807, 2.05) is 30.4 Å². The number of nitrogens with zero attached hydrogens (tertiary/aromatic N) is 2. The first-order valence-electron chi connectivity index (χ1n) is 16.0. The van der Waals surface area contributed by atoms with Gasteiger partial charge in [0.25, 0.3) is 5.91 Å². The second kappa shape index (κ2) is 14.8. The standard InChI is InChI=1S/C34H45ClN4O6S/c1-5-36-33(41)38-46(42)27-14-16-31-29(20-27)39(17-7-6-9-23-19-26(35)13-11-25(23)22-44-31)21-24-12-15-28(24)30(43-4)10-8-18-45-34(2,3)32(40)37-46/h8,10-11,13-14,16,19-20,24,28,30H,5-7,9,12,15,17-18,21-22H2,1-4H3,(H2,36,37,38,40,41,42)/b10-8+/t24-,28+,30-,46?/m0/s1. The van der Waals surface area contributed by atoms with Crippen LogP contribution in [0.1, 0.15) is 57.6 Å². The number of rotatable bonds is 3. The van der Waals surface area contributed by atoms with E-state index in [2.05, 4.69) is 19.3 Å². The number of ether oxygens (including phenoxy) is 3. The molecule has 1 aliphatic carbocycles. The maximum atomic E-state index is 14.6. The Kier molecular flexibility index (Phi) is 11.0. The van der Waals surface area contributed by atoms with Gasteiger partial charge in [0.1, 0.15) is 18.0 Å². The van der Waals surface area contributed by atoms with Crippen LogP contribution >= 0.6 is 11.6 Å². The van der Waals surface area contributed by atoms with Crippen molar-refractivity contribution in [1.82, 2.24) is 10.0 Å². The van der Waals surface area contributed by atoms with Gasteiger partial charge in [-0.15, -0.1) is 4.36 Å². The predicted octanol–water partition coefficient (Wildman–Crippen LogP) is 6.06. The molecule has 12 heteroatoms. The van der Waals surface area contributed by atoms with Gasteiger partial charge in [-0.1, -0.05) is 29.8 Å². The van der Waals surface area contributed by atoms with E-state index in [1.165, 1.54) is 0 Å². The number of anilines is 1. The molecule has 2 aromatic carbocycles. The topological polar surface area (TPSA) is 119 Å². The molecule has 0 saturated heterocycles. The fourth-order valence-corrected chi connectivity index (χ4v) is 7.98. The predicted molar refractivity (Wildman–Crippen MR) is 180 cm³/mol. The highest BCUT2D eigenvalue weighted by Crippen LogP contribution is 2.42. The van der Waals surface area contributed by atoms with Crippen LogP contribution in [0.4, 0.5) is 10.5 Å². The summed E-state index contributed by atoms with van der Waals surface area (Å²) >= 11 is 6.35. The second-order valence-corrected chi connectivity index (χ2v) is 14.9. The molecule has 0 aromatic heterocycles. The Balaban J connectivity index is 1.65. The van der Waals surface area contributed by atoms with Crippen LogP contribution in [-0.2, 0) is 37.2 Å². The molecule has 2 aliphatic heterocycles. The molecule has 0 radical (unpaired) electrons. The van der Waals surface area contributed by atoms with Gasteiger partial charge in [-0.2, -0.15) is 0 Å². The largest absolute Gasteiger partial charge is 0.487 e. The summed E-state index contributed by atoms with van der Waals surface area (Å²) in [6, 6.07) is 10.3. The Labute approximate surface area is 277 Å². The third kappa shape index (κ3) is 7.87. The van der Waals surface area contributed by atoms with Crippen LogP contribution < -0.4 is 19.7 Å². The van der Waals surface area contributed by atoms with Gasteiger partial charge in [-0.05, 0) is 106 Å². The molecule has 3 aliphatic rings. The van der Waals surface area contributed by atoms with Gasteiger partial charge < -0.3 is 24.4 Å². The highest BCUT2D eigenvalue weighted by molar-refractivity contribution is 7.92. The van der Waals surface area contributed by atoms with E-state index in [-0.39, 0.29) is 17.6 Å². The van der Waals surface area contributed by atoms with Crippen molar-refractivity contribution >= 4 is 39.1 Å². The van der Waals surface area contributed by atoms with Crippen LogP contribution in [0.3, 0.4) is 0 Å². The minimum Gasteiger partial charge on any atom is -0.487 e. The smallest absolute Gasteiger partial charge is 0.327 e. The van der Waals surface area contributed by atoms with Crippen LogP contribution in [-0.4, -0.2) is 61.2 Å². The van der Waals surface area contributed by atoms with Gasteiger partial charge in [0.15, 0.2) is 9.92 Å². The minimum atomic E-state index is -3.78. The van der Waals surface area contributed by atoms with Gasteiger partial charge in [0.2, 0.25) is 0 Å². The van der Waals surface area contributed by atoms with Crippen LogP contribution in [0.5, 0.6) is 5.75 Å². The summed E-state index contributed by atoms with van der Waals surface area (Å²) < 4.78 is 39.6. The summed E-state index contributed by atoms with van der Waals surface area (Å²) in [5, 5.41) is 3.31. The molecule has 4 atom stereocenters. The lowest BCUT2D eigenvalue weighted by Crippen LogP contribution is -2.44. The number of benzene rings is 2. The molecule has 2 bridgehead atoms. The molecule has 2 heterocycles. The third-order valence-electron chi connectivity index (χ3n) is 9.05. The number of aryl methyl sites for hydroxylation is 1. The average Bonchev–Trinajstić information content (AvgIpc) is 3.03. The summed E-state index contributed by atoms with van der Waals surface area (Å²) in [7, 11) is -2.06. The highest BCUT2D eigenvalue weighted by Gasteiger charge is 2.38. The van der Waals surface area contributed by atoms with E-state index in [9.17, 15) is 13.8 Å². The molecule has 2 aromatic rings. The fraction of sp³-hybridized carbons (Fsp3) is 0.529. The number of fused-ring (bicyclic) bond motifs is 3. The minimum absolute atomic E-state index is 0.0935.